The predicted octanol–water partition coefficient (Wildman–Crippen LogP) is 5.39. The van der Waals surface area contributed by atoms with Gasteiger partial charge >= 0.3 is 18.0 Å². The maximum atomic E-state index is 12.7. The Balaban J connectivity index is 3.13. The summed E-state index contributed by atoms with van der Waals surface area (Å²) >= 11 is 0. The molecule has 1 aromatic carbocycles. The molecule has 1 aromatic rings. The fourth-order valence-corrected chi connectivity index (χ4v) is 4.57. The third-order valence-corrected chi connectivity index (χ3v) is 7.20. The number of carbonyl (C=O) groups excluding carboxylic acids is 2. The molecule has 1 rings (SSSR count). The van der Waals surface area contributed by atoms with Crippen LogP contribution in [0.1, 0.15) is 85.6 Å². The third kappa shape index (κ3) is 16.1. The number of methoxy groups -OCH3 is 2. The SMILES string of the molecule is COCCCOc1cc(CC(CC(NC(=O)OC(C)(C)C)C(O)CC(C)C(=O)O)C(C)C)ccc1OCCCCC(=O)OC. The van der Waals surface area contributed by atoms with Gasteiger partial charge in [0, 0.05) is 26.6 Å². The molecule has 252 valence electrons. The quantitative estimate of drug-likeness (QED) is 0.120. The Labute approximate surface area is 262 Å². The molecule has 0 aliphatic heterocycles. The van der Waals surface area contributed by atoms with Gasteiger partial charge in [-0.05, 0) is 82.4 Å². The first-order chi connectivity index (χ1) is 20.7. The number of amides is 1. The van der Waals surface area contributed by atoms with Crippen LogP contribution >= 0.6 is 0 Å². The van der Waals surface area contributed by atoms with Crippen LogP contribution in [0.5, 0.6) is 11.5 Å². The van der Waals surface area contributed by atoms with Crippen molar-refractivity contribution in [3.8, 4) is 11.5 Å². The van der Waals surface area contributed by atoms with Crippen LogP contribution in [0.4, 0.5) is 4.79 Å². The largest absolute Gasteiger partial charge is 0.490 e. The number of alkyl carbamates (subject to hydrolysis) is 1. The fourth-order valence-electron chi connectivity index (χ4n) is 4.57. The molecule has 0 saturated heterocycles. The average Bonchev–Trinajstić information content (AvgIpc) is 2.93. The number of unbranched alkanes of at least 4 members (excludes halogenated alkanes) is 1. The standard InChI is InChI=1S/C33H55NO10/c1-22(2)25(21-26(27(35)18-23(3)31(37)38)34-32(39)44-33(4,5)6)19-24-13-14-28(29(20-24)43-17-11-15-40-7)42-16-10-9-12-30(36)41-8/h13-14,20,22-23,25-27,35H,9-12,15-19,21H2,1-8H3,(H,34,39)(H,37,38). The van der Waals surface area contributed by atoms with Crippen LogP contribution in [-0.2, 0) is 30.2 Å². The lowest BCUT2D eigenvalue weighted by molar-refractivity contribution is -0.142. The van der Waals surface area contributed by atoms with Gasteiger partial charge in [-0.25, -0.2) is 4.79 Å². The lowest BCUT2D eigenvalue weighted by atomic mass is 9.82. The molecule has 11 heteroatoms. The van der Waals surface area contributed by atoms with E-state index in [0.717, 1.165) is 5.56 Å². The van der Waals surface area contributed by atoms with Gasteiger partial charge in [-0.1, -0.05) is 26.8 Å². The van der Waals surface area contributed by atoms with Crippen molar-refractivity contribution in [1.82, 2.24) is 5.32 Å². The molecule has 0 heterocycles. The summed E-state index contributed by atoms with van der Waals surface area (Å²) in [7, 11) is 3.01. The third-order valence-electron chi connectivity index (χ3n) is 7.20. The van der Waals surface area contributed by atoms with E-state index in [1.54, 1.807) is 27.9 Å². The van der Waals surface area contributed by atoms with Crippen LogP contribution in [0.3, 0.4) is 0 Å². The van der Waals surface area contributed by atoms with E-state index >= 15 is 0 Å². The van der Waals surface area contributed by atoms with Crippen molar-refractivity contribution in [1.29, 1.82) is 0 Å². The number of benzene rings is 1. The molecular weight excluding hydrogens is 570 g/mol. The Morgan fingerprint density at radius 1 is 0.909 bits per heavy atom. The second-order valence-electron chi connectivity index (χ2n) is 12.6. The highest BCUT2D eigenvalue weighted by atomic mass is 16.6. The average molecular weight is 626 g/mol. The Kier molecular flexibility index (Phi) is 17.8. The van der Waals surface area contributed by atoms with E-state index in [1.165, 1.54) is 14.0 Å². The molecule has 0 aliphatic carbocycles. The highest BCUT2D eigenvalue weighted by Gasteiger charge is 2.31. The number of carboxylic acids is 1. The van der Waals surface area contributed by atoms with Crippen LogP contribution in [0, 0.1) is 17.8 Å². The first-order valence-corrected chi connectivity index (χ1v) is 15.5. The van der Waals surface area contributed by atoms with Gasteiger partial charge in [0.25, 0.3) is 0 Å². The van der Waals surface area contributed by atoms with Crippen LogP contribution in [0.15, 0.2) is 18.2 Å². The number of aliphatic hydroxyl groups is 1. The second kappa shape index (κ2) is 20.1. The van der Waals surface area contributed by atoms with E-state index in [4.69, 9.17) is 18.9 Å². The van der Waals surface area contributed by atoms with Gasteiger partial charge in [0.15, 0.2) is 11.5 Å². The molecular formula is C33H55NO10. The van der Waals surface area contributed by atoms with E-state index in [2.05, 4.69) is 23.9 Å². The summed E-state index contributed by atoms with van der Waals surface area (Å²) in [6, 6.07) is 5.08. The molecule has 0 spiro atoms. The molecule has 0 bridgehead atoms. The molecule has 3 N–H and O–H groups in total. The number of hydrogen-bond donors (Lipinski definition) is 3. The molecule has 0 saturated carbocycles. The van der Waals surface area contributed by atoms with E-state index in [9.17, 15) is 24.6 Å². The molecule has 0 fully saturated rings. The van der Waals surface area contributed by atoms with Gasteiger partial charge in [0.05, 0.1) is 38.4 Å². The van der Waals surface area contributed by atoms with Gasteiger partial charge in [0.2, 0.25) is 0 Å². The molecule has 0 aromatic heterocycles. The van der Waals surface area contributed by atoms with Crippen molar-refractivity contribution >= 4 is 18.0 Å². The number of aliphatic hydroxyl groups excluding tert-OH is 1. The Morgan fingerprint density at radius 2 is 1.57 bits per heavy atom. The minimum atomic E-state index is -1.08. The Hall–Kier alpha value is -3.05. The van der Waals surface area contributed by atoms with Crippen molar-refractivity contribution in [2.45, 2.75) is 104 Å². The summed E-state index contributed by atoms with van der Waals surface area (Å²) < 4.78 is 27.3. The molecule has 0 aliphatic rings. The van der Waals surface area contributed by atoms with E-state index in [-0.39, 0.29) is 24.2 Å². The monoisotopic (exact) mass is 625 g/mol. The Bertz CT molecular complexity index is 1010. The maximum Gasteiger partial charge on any atom is 0.407 e. The zero-order chi connectivity index (χ0) is 33.3. The van der Waals surface area contributed by atoms with Crippen LogP contribution in [0.25, 0.3) is 0 Å². The zero-order valence-electron chi connectivity index (χ0n) is 27.9. The molecule has 44 heavy (non-hydrogen) atoms. The number of nitrogens with one attached hydrogen (secondary N) is 1. The van der Waals surface area contributed by atoms with Gasteiger partial charge in [0.1, 0.15) is 5.60 Å². The topological polar surface area (TPSA) is 150 Å². The lowest BCUT2D eigenvalue weighted by Gasteiger charge is -2.32. The zero-order valence-corrected chi connectivity index (χ0v) is 27.9. The van der Waals surface area contributed by atoms with E-state index in [1.807, 2.05) is 18.2 Å². The number of carbonyl (C=O) groups is 3. The van der Waals surface area contributed by atoms with E-state index in [0.29, 0.717) is 69.8 Å². The minimum absolute atomic E-state index is 0.00819. The number of ether oxygens (including phenoxy) is 5. The van der Waals surface area contributed by atoms with E-state index < -0.39 is 35.7 Å². The Morgan fingerprint density at radius 3 is 2.16 bits per heavy atom. The molecule has 11 nitrogen and oxygen atoms in total. The minimum Gasteiger partial charge on any atom is -0.490 e. The molecule has 4 atom stereocenters. The van der Waals surface area contributed by atoms with Crippen LogP contribution < -0.4 is 14.8 Å². The smallest absolute Gasteiger partial charge is 0.407 e. The summed E-state index contributed by atoms with van der Waals surface area (Å²) in [4.78, 5) is 35.5. The maximum absolute atomic E-state index is 12.7. The molecule has 4 unspecified atom stereocenters. The normalized spacial score (nSPS) is 14.3. The summed E-state index contributed by atoms with van der Waals surface area (Å²) in [5.74, 6) is -0.625. The van der Waals surface area contributed by atoms with Gasteiger partial charge in [-0.3, -0.25) is 9.59 Å². The summed E-state index contributed by atoms with van der Waals surface area (Å²) in [5.41, 5.74) is 0.267. The van der Waals surface area contributed by atoms with Crippen molar-refractivity contribution in [2.75, 3.05) is 34.0 Å². The predicted molar refractivity (Wildman–Crippen MR) is 167 cm³/mol. The number of carboxylic acid groups (broad SMARTS) is 1. The van der Waals surface area contributed by atoms with Crippen molar-refractivity contribution in [3.05, 3.63) is 23.8 Å². The van der Waals surface area contributed by atoms with Crippen molar-refractivity contribution in [3.63, 3.8) is 0 Å². The van der Waals surface area contributed by atoms with Crippen molar-refractivity contribution in [2.24, 2.45) is 17.8 Å². The summed E-state index contributed by atoms with van der Waals surface area (Å²) in [6.07, 6.45) is 1.67. The first kappa shape index (κ1) is 39.0. The highest BCUT2D eigenvalue weighted by Crippen LogP contribution is 2.32. The molecule has 1 amide bonds. The van der Waals surface area contributed by atoms with Gasteiger partial charge in [-0.2, -0.15) is 0 Å². The fraction of sp³-hybridized carbons (Fsp3) is 0.727. The van der Waals surface area contributed by atoms with Gasteiger partial charge in [-0.15, -0.1) is 0 Å². The van der Waals surface area contributed by atoms with Crippen LogP contribution in [-0.4, -0.2) is 80.0 Å². The second-order valence-corrected chi connectivity index (χ2v) is 12.6. The van der Waals surface area contributed by atoms with Gasteiger partial charge < -0.3 is 39.2 Å². The summed E-state index contributed by atoms with van der Waals surface area (Å²) in [6.45, 7) is 12.4. The number of esters is 1. The number of aliphatic carboxylic acids is 1. The highest BCUT2D eigenvalue weighted by molar-refractivity contribution is 5.70. The number of hydrogen-bond acceptors (Lipinski definition) is 9. The molecule has 0 radical (unpaired) electrons. The summed E-state index contributed by atoms with van der Waals surface area (Å²) in [5, 5.41) is 23.3. The first-order valence-electron chi connectivity index (χ1n) is 15.5. The lowest BCUT2D eigenvalue weighted by Crippen LogP contribution is -2.47. The number of rotatable bonds is 21. The van der Waals surface area contributed by atoms with Crippen molar-refractivity contribution < 1.29 is 48.3 Å². The van der Waals surface area contributed by atoms with Crippen LogP contribution in [0.2, 0.25) is 0 Å².